The second-order valence-electron chi connectivity index (χ2n) is 9.57. The SMILES string of the molecule is COC(=O)c1ccc(COC[C@@H](C)NC(=O)c2cnn3c(N(C)C(=O)OC(C)(C)C)cc(Cl)nc23)cc1N. The molecule has 0 aliphatic heterocycles. The monoisotopic (exact) mass is 546 g/mol. The molecule has 204 valence electrons. The largest absolute Gasteiger partial charge is 0.465 e. The standard InChI is InChI=1S/C25H31ClN6O6/c1-14(12-37-13-15-7-8-16(18(27)9-15)23(34)36-6)29-22(33)17-11-28-32-20(10-19(26)30-21(17)32)31(5)24(35)38-25(2,3)4/h7-11,14H,12-13,27H2,1-6H3,(H,29,33)/t14-/m1/s1. The fourth-order valence-electron chi connectivity index (χ4n) is 3.44. The predicted octanol–water partition coefficient (Wildman–Crippen LogP) is 3.46. The number of hydrogen-bond donors (Lipinski definition) is 2. The molecule has 3 N–H and O–H groups in total. The number of nitrogens with zero attached hydrogens (tertiary/aromatic N) is 4. The molecular weight excluding hydrogens is 516 g/mol. The number of amides is 2. The quantitative estimate of drug-likeness (QED) is 0.246. The maximum absolute atomic E-state index is 13.0. The van der Waals surface area contributed by atoms with Crippen molar-refractivity contribution in [3.05, 3.63) is 52.3 Å². The van der Waals surface area contributed by atoms with Gasteiger partial charge in [-0.1, -0.05) is 17.7 Å². The number of nitrogens with one attached hydrogen (secondary N) is 1. The van der Waals surface area contributed by atoms with Gasteiger partial charge in [-0.3, -0.25) is 9.69 Å². The molecule has 0 aliphatic carbocycles. The molecule has 0 saturated carbocycles. The van der Waals surface area contributed by atoms with Crippen LogP contribution < -0.4 is 16.0 Å². The molecule has 2 amide bonds. The molecule has 0 saturated heterocycles. The second kappa shape index (κ2) is 11.7. The first kappa shape index (κ1) is 28.7. The highest BCUT2D eigenvalue weighted by Gasteiger charge is 2.25. The first-order valence-corrected chi connectivity index (χ1v) is 12.0. The lowest BCUT2D eigenvalue weighted by molar-refractivity contribution is 0.0582. The van der Waals surface area contributed by atoms with E-state index in [2.05, 4.69) is 20.1 Å². The summed E-state index contributed by atoms with van der Waals surface area (Å²) < 4.78 is 17.1. The molecule has 0 fully saturated rings. The number of hydrogen-bond acceptors (Lipinski definition) is 9. The number of rotatable bonds is 8. The van der Waals surface area contributed by atoms with Gasteiger partial charge in [-0.2, -0.15) is 9.61 Å². The Bertz CT molecular complexity index is 1350. The van der Waals surface area contributed by atoms with Crippen LogP contribution in [0.1, 0.15) is 54.0 Å². The Labute approximate surface area is 225 Å². The summed E-state index contributed by atoms with van der Waals surface area (Å²) in [6.45, 7) is 7.47. The predicted molar refractivity (Wildman–Crippen MR) is 141 cm³/mol. The lowest BCUT2D eigenvalue weighted by atomic mass is 10.1. The van der Waals surface area contributed by atoms with E-state index in [0.29, 0.717) is 0 Å². The number of ether oxygens (including phenoxy) is 3. The Hall–Kier alpha value is -3.90. The maximum atomic E-state index is 13.0. The van der Waals surface area contributed by atoms with Crippen LogP contribution in [0.5, 0.6) is 0 Å². The Kier molecular flexibility index (Phi) is 8.79. The Balaban J connectivity index is 1.66. The van der Waals surface area contributed by atoms with Crippen LogP contribution in [0.4, 0.5) is 16.3 Å². The molecule has 0 aliphatic rings. The number of halogens is 1. The molecule has 3 aromatic rings. The minimum absolute atomic E-state index is 0.0753. The van der Waals surface area contributed by atoms with Crippen LogP contribution in [-0.2, 0) is 20.8 Å². The molecule has 2 heterocycles. The van der Waals surface area contributed by atoms with Gasteiger partial charge in [0.25, 0.3) is 5.91 Å². The molecule has 1 aromatic carbocycles. The van der Waals surface area contributed by atoms with Crippen molar-refractivity contribution in [2.24, 2.45) is 0 Å². The number of carbonyl (C=O) groups is 3. The van der Waals surface area contributed by atoms with Crippen LogP contribution in [0.15, 0.2) is 30.5 Å². The van der Waals surface area contributed by atoms with E-state index < -0.39 is 23.6 Å². The minimum Gasteiger partial charge on any atom is -0.465 e. The highest BCUT2D eigenvalue weighted by molar-refractivity contribution is 6.30. The van der Waals surface area contributed by atoms with Gasteiger partial charge in [0.05, 0.1) is 32.1 Å². The third-order valence-electron chi connectivity index (χ3n) is 5.21. The lowest BCUT2D eigenvalue weighted by Gasteiger charge is -2.24. The number of esters is 1. The van der Waals surface area contributed by atoms with Gasteiger partial charge in [0.1, 0.15) is 22.1 Å². The number of carbonyl (C=O) groups excluding carboxylic acids is 3. The van der Waals surface area contributed by atoms with Crippen molar-refractivity contribution in [3.63, 3.8) is 0 Å². The number of nitrogen functional groups attached to an aromatic ring is 1. The zero-order valence-electron chi connectivity index (χ0n) is 22.1. The highest BCUT2D eigenvalue weighted by atomic mass is 35.5. The molecule has 1 atom stereocenters. The highest BCUT2D eigenvalue weighted by Crippen LogP contribution is 2.23. The third-order valence-corrected chi connectivity index (χ3v) is 5.41. The van der Waals surface area contributed by atoms with Gasteiger partial charge in [-0.25, -0.2) is 14.6 Å². The van der Waals surface area contributed by atoms with Crippen LogP contribution in [0, 0.1) is 0 Å². The molecule has 13 heteroatoms. The number of benzene rings is 1. The lowest BCUT2D eigenvalue weighted by Crippen LogP contribution is -2.36. The number of aromatic nitrogens is 3. The van der Waals surface area contributed by atoms with E-state index >= 15 is 0 Å². The number of nitrogens with two attached hydrogens (primary N) is 1. The van der Waals surface area contributed by atoms with Crippen LogP contribution in [0.2, 0.25) is 5.15 Å². The smallest absolute Gasteiger partial charge is 0.415 e. The average molecular weight is 547 g/mol. The number of methoxy groups -OCH3 is 1. The maximum Gasteiger partial charge on any atom is 0.415 e. The van der Waals surface area contributed by atoms with Gasteiger partial charge in [0.2, 0.25) is 0 Å². The zero-order valence-corrected chi connectivity index (χ0v) is 22.8. The summed E-state index contributed by atoms with van der Waals surface area (Å²) in [6.07, 6.45) is 0.731. The topological polar surface area (TPSA) is 150 Å². The third kappa shape index (κ3) is 6.90. The van der Waals surface area contributed by atoms with Crippen LogP contribution >= 0.6 is 11.6 Å². The van der Waals surface area contributed by atoms with Gasteiger partial charge >= 0.3 is 12.1 Å². The van der Waals surface area contributed by atoms with E-state index in [-0.39, 0.29) is 52.7 Å². The van der Waals surface area contributed by atoms with Crippen molar-refractivity contribution in [3.8, 4) is 0 Å². The van der Waals surface area contributed by atoms with Crippen LogP contribution in [0.25, 0.3) is 5.65 Å². The van der Waals surface area contributed by atoms with Gasteiger partial charge < -0.3 is 25.3 Å². The Morgan fingerprint density at radius 1 is 1.21 bits per heavy atom. The second-order valence-corrected chi connectivity index (χ2v) is 9.96. The van der Waals surface area contributed by atoms with E-state index in [9.17, 15) is 14.4 Å². The summed E-state index contributed by atoms with van der Waals surface area (Å²) in [5, 5.41) is 7.14. The number of fused-ring (bicyclic) bond motifs is 1. The molecule has 2 aromatic heterocycles. The van der Waals surface area contributed by atoms with Crippen LogP contribution in [0.3, 0.4) is 0 Å². The fourth-order valence-corrected chi connectivity index (χ4v) is 3.61. The van der Waals surface area contributed by atoms with E-state index in [4.69, 9.17) is 26.8 Å². The summed E-state index contributed by atoms with van der Waals surface area (Å²) in [5.41, 5.74) is 6.88. The fraction of sp³-hybridized carbons (Fsp3) is 0.400. The van der Waals surface area contributed by atoms with E-state index in [1.807, 2.05) is 0 Å². The Morgan fingerprint density at radius 3 is 2.55 bits per heavy atom. The van der Waals surface area contributed by atoms with Crippen LogP contribution in [-0.4, -0.2) is 65.0 Å². The minimum atomic E-state index is -0.701. The summed E-state index contributed by atoms with van der Waals surface area (Å²) in [4.78, 5) is 42.7. The molecule has 0 bridgehead atoms. The normalized spacial score (nSPS) is 12.2. The molecule has 3 rings (SSSR count). The average Bonchev–Trinajstić information content (AvgIpc) is 3.25. The van der Waals surface area contributed by atoms with Gasteiger partial charge in [0, 0.05) is 24.8 Å². The van der Waals surface area contributed by atoms with E-state index in [0.717, 1.165) is 5.56 Å². The first-order valence-electron chi connectivity index (χ1n) is 11.7. The van der Waals surface area contributed by atoms with Crippen molar-refractivity contribution in [1.29, 1.82) is 0 Å². The Morgan fingerprint density at radius 2 is 1.92 bits per heavy atom. The zero-order chi connectivity index (χ0) is 28.2. The summed E-state index contributed by atoms with van der Waals surface area (Å²) in [7, 11) is 2.80. The molecule has 0 unspecified atom stereocenters. The molecular formula is C25H31ClN6O6. The van der Waals surface area contributed by atoms with Gasteiger partial charge in [-0.15, -0.1) is 0 Å². The summed E-state index contributed by atoms with van der Waals surface area (Å²) in [5.74, 6) is -0.677. The van der Waals surface area contributed by atoms with Crippen molar-refractivity contribution >= 4 is 46.7 Å². The van der Waals surface area contributed by atoms with Gasteiger partial charge in [0.15, 0.2) is 5.65 Å². The van der Waals surface area contributed by atoms with Crippen molar-refractivity contribution in [2.75, 3.05) is 31.4 Å². The van der Waals surface area contributed by atoms with E-state index in [1.165, 1.54) is 35.8 Å². The van der Waals surface area contributed by atoms with E-state index in [1.54, 1.807) is 45.9 Å². The molecule has 38 heavy (non-hydrogen) atoms. The molecule has 12 nitrogen and oxygen atoms in total. The van der Waals surface area contributed by atoms with Crippen molar-refractivity contribution in [2.45, 2.75) is 45.9 Å². The van der Waals surface area contributed by atoms with Gasteiger partial charge in [-0.05, 0) is 45.4 Å². The summed E-state index contributed by atoms with van der Waals surface area (Å²) >= 11 is 6.20. The van der Waals surface area contributed by atoms with Crippen molar-refractivity contribution in [1.82, 2.24) is 19.9 Å². The van der Waals surface area contributed by atoms with Crippen molar-refractivity contribution < 1.29 is 28.6 Å². The number of anilines is 2. The molecule has 0 spiro atoms. The first-order chi connectivity index (χ1) is 17.8. The summed E-state index contributed by atoms with van der Waals surface area (Å²) in [6, 6.07) is 6.01. The molecule has 0 radical (unpaired) electrons.